The van der Waals surface area contributed by atoms with E-state index in [0.717, 1.165) is 5.56 Å². The van der Waals surface area contributed by atoms with Crippen LogP contribution in [0.25, 0.3) is 0 Å². The van der Waals surface area contributed by atoms with Gasteiger partial charge in [-0.05, 0) is 48.9 Å². The number of anilines is 1. The molecule has 0 bridgehead atoms. The first-order valence-corrected chi connectivity index (χ1v) is 6.85. The molecule has 0 aliphatic carbocycles. The van der Waals surface area contributed by atoms with Crippen LogP contribution in [0, 0.1) is 12.7 Å². The van der Waals surface area contributed by atoms with Crippen LogP contribution in [-0.4, -0.2) is 12.5 Å². The second-order valence-electron chi connectivity index (χ2n) is 4.38. The van der Waals surface area contributed by atoms with Crippen molar-refractivity contribution in [3.63, 3.8) is 0 Å². The summed E-state index contributed by atoms with van der Waals surface area (Å²) in [6, 6.07) is 9.06. The molecular formula is C15H12Cl2FNO2. The number of amides is 1. The Bertz CT molecular complexity index is 677. The molecule has 21 heavy (non-hydrogen) atoms. The van der Waals surface area contributed by atoms with Gasteiger partial charge in [0.15, 0.2) is 6.61 Å². The zero-order chi connectivity index (χ0) is 15.4. The fraction of sp³-hybridized carbons (Fsp3) is 0.133. The zero-order valence-electron chi connectivity index (χ0n) is 11.1. The monoisotopic (exact) mass is 327 g/mol. The maximum atomic E-state index is 13.0. The number of hydrogen-bond donors (Lipinski definition) is 1. The SMILES string of the molecule is Cc1cc(Cl)ccc1OCC(=O)Nc1ccc(F)c(Cl)c1. The van der Waals surface area contributed by atoms with E-state index in [1.54, 1.807) is 18.2 Å². The van der Waals surface area contributed by atoms with Crippen LogP contribution < -0.4 is 10.1 Å². The summed E-state index contributed by atoms with van der Waals surface area (Å²) >= 11 is 11.5. The second-order valence-corrected chi connectivity index (χ2v) is 5.22. The predicted molar refractivity (Wildman–Crippen MR) is 81.7 cm³/mol. The average molecular weight is 328 g/mol. The standard InChI is InChI=1S/C15H12Cl2FNO2/c1-9-6-10(16)2-5-14(9)21-8-15(20)19-11-3-4-13(18)12(17)7-11/h2-7H,8H2,1H3,(H,19,20). The molecule has 0 spiro atoms. The Labute approximate surface area is 131 Å². The smallest absolute Gasteiger partial charge is 0.262 e. The number of benzene rings is 2. The topological polar surface area (TPSA) is 38.3 Å². The fourth-order valence-corrected chi connectivity index (χ4v) is 2.10. The minimum atomic E-state index is -0.539. The van der Waals surface area contributed by atoms with Crippen molar-refractivity contribution >= 4 is 34.8 Å². The van der Waals surface area contributed by atoms with E-state index in [4.69, 9.17) is 27.9 Å². The van der Waals surface area contributed by atoms with Gasteiger partial charge in [-0.2, -0.15) is 0 Å². The number of aryl methyl sites for hydroxylation is 1. The van der Waals surface area contributed by atoms with E-state index in [1.807, 2.05) is 6.92 Å². The minimum Gasteiger partial charge on any atom is -0.483 e. The second kappa shape index (κ2) is 6.78. The van der Waals surface area contributed by atoms with Crippen LogP contribution in [0.2, 0.25) is 10.0 Å². The summed E-state index contributed by atoms with van der Waals surface area (Å²) in [6.07, 6.45) is 0. The largest absolute Gasteiger partial charge is 0.483 e. The highest BCUT2D eigenvalue weighted by Gasteiger charge is 2.07. The van der Waals surface area contributed by atoms with Gasteiger partial charge in [0.05, 0.1) is 5.02 Å². The quantitative estimate of drug-likeness (QED) is 0.900. The molecule has 0 aliphatic rings. The van der Waals surface area contributed by atoms with E-state index < -0.39 is 5.82 Å². The Morgan fingerprint density at radius 3 is 2.67 bits per heavy atom. The molecule has 110 valence electrons. The molecule has 6 heteroatoms. The van der Waals surface area contributed by atoms with Crippen molar-refractivity contribution in [3.8, 4) is 5.75 Å². The van der Waals surface area contributed by atoms with Crippen molar-refractivity contribution in [2.24, 2.45) is 0 Å². The lowest BCUT2D eigenvalue weighted by Crippen LogP contribution is -2.20. The third kappa shape index (κ3) is 4.34. The molecule has 1 N–H and O–H groups in total. The van der Waals surface area contributed by atoms with Crippen molar-refractivity contribution in [1.29, 1.82) is 0 Å². The van der Waals surface area contributed by atoms with Crippen LogP contribution in [0.5, 0.6) is 5.75 Å². The number of nitrogens with one attached hydrogen (secondary N) is 1. The first-order chi connectivity index (χ1) is 9.95. The average Bonchev–Trinajstić information content (AvgIpc) is 2.42. The van der Waals surface area contributed by atoms with Gasteiger partial charge in [0.1, 0.15) is 11.6 Å². The van der Waals surface area contributed by atoms with Gasteiger partial charge in [-0.15, -0.1) is 0 Å². The molecule has 0 fully saturated rings. The molecule has 0 unspecified atom stereocenters. The van der Waals surface area contributed by atoms with E-state index >= 15 is 0 Å². The van der Waals surface area contributed by atoms with E-state index in [2.05, 4.69) is 5.32 Å². The van der Waals surface area contributed by atoms with Gasteiger partial charge in [0.2, 0.25) is 0 Å². The molecule has 0 aliphatic heterocycles. The summed E-state index contributed by atoms with van der Waals surface area (Å²) in [5.41, 5.74) is 1.24. The van der Waals surface area contributed by atoms with Crippen LogP contribution in [0.1, 0.15) is 5.56 Å². The molecule has 1 amide bonds. The Hall–Kier alpha value is -1.78. The molecule has 0 saturated heterocycles. The third-order valence-corrected chi connectivity index (χ3v) is 3.22. The number of rotatable bonds is 4. The Balaban J connectivity index is 1.94. The molecule has 3 nitrogen and oxygen atoms in total. The number of halogens is 3. The van der Waals surface area contributed by atoms with Crippen LogP contribution in [0.4, 0.5) is 10.1 Å². The van der Waals surface area contributed by atoms with Crippen molar-refractivity contribution in [2.75, 3.05) is 11.9 Å². The molecule has 2 rings (SSSR count). The predicted octanol–water partition coefficient (Wildman–Crippen LogP) is 4.46. The Morgan fingerprint density at radius 1 is 1.24 bits per heavy atom. The van der Waals surface area contributed by atoms with Gasteiger partial charge in [-0.3, -0.25) is 4.79 Å². The van der Waals surface area contributed by atoms with Crippen molar-refractivity contribution in [1.82, 2.24) is 0 Å². The first kappa shape index (κ1) is 15.6. The third-order valence-electron chi connectivity index (χ3n) is 2.70. The summed E-state index contributed by atoms with van der Waals surface area (Å²) in [6.45, 7) is 1.66. The van der Waals surface area contributed by atoms with Crippen LogP contribution in [0.15, 0.2) is 36.4 Å². The van der Waals surface area contributed by atoms with E-state index in [1.165, 1.54) is 18.2 Å². The molecule has 0 heterocycles. The van der Waals surface area contributed by atoms with Gasteiger partial charge < -0.3 is 10.1 Å². The minimum absolute atomic E-state index is 0.0535. The molecular weight excluding hydrogens is 316 g/mol. The van der Waals surface area contributed by atoms with Crippen LogP contribution >= 0.6 is 23.2 Å². The van der Waals surface area contributed by atoms with Gasteiger partial charge in [0.25, 0.3) is 5.91 Å². The van der Waals surface area contributed by atoms with Crippen LogP contribution in [-0.2, 0) is 4.79 Å². The Kier molecular flexibility index (Phi) is 5.04. The van der Waals surface area contributed by atoms with E-state index in [9.17, 15) is 9.18 Å². The highest BCUT2D eigenvalue weighted by Crippen LogP contribution is 2.22. The van der Waals surface area contributed by atoms with Gasteiger partial charge in [-0.25, -0.2) is 4.39 Å². The van der Waals surface area contributed by atoms with Crippen LogP contribution in [0.3, 0.4) is 0 Å². The summed E-state index contributed by atoms with van der Waals surface area (Å²) in [5, 5.41) is 3.12. The Morgan fingerprint density at radius 2 is 2.00 bits per heavy atom. The van der Waals surface area contributed by atoms with Gasteiger partial charge >= 0.3 is 0 Å². The summed E-state index contributed by atoms with van der Waals surface area (Å²) in [4.78, 5) is 11.8. The summed E-state index contributed by atoms with van der Waals surface area (Å²) in [7, 11) is 0. The normalized spacial score (nSPS) is 10.3. The fourth-order valence-electron chi connectivity index (χ4n) is 1.69. The molecule has 2 aromatic carbocycles. The molecule has 0 atom stereocenters. The molecule has 2 aromatic rings. The van der Waals surface area contributed by atoms with E-state index in [-0.39, 0.29) is 17.5 Å². The zero-order valence-corrected chi connectivity index (χ0v) is 12.6. The van der Waals surface area contributed by atoms with Crippen molar-refractivity contribution in [3.05, 3.63) is 57.8 Å². The maximum Gasteiger partial charge on any atom is 0.262 e. The van der Waals surface area contributed by atoms with Gasteiger partial charge in [-0.1, -0.05) is 23.2 Å². The van der Waals surface area contributed by atoms with E-state index in [0.29, 0.717) is 16.5 Å². The first-order valence-electron chi connectivity index (χ1n) is 6.09. The summed E-state index contributed by atoms with van der Waals surface area (Å²) < 4.78 is 18.4. The molecule has 0 aromatic heterocycles. The lowest BCUT2D eigenvalue weighted by molar-refractivity contribution is -0.118. The maximum absolute atomic E-state index is 13.0. The number of hydrogen-bond acceptors (Lipinski definition) is 2. The number of carbonyl (C=O) groups is 1. The lowest BCUT2D eigenvalue weighted by atomic mass is 10.2. The number of ether oxygens (including phenoxy) is 1. The highest BCUT2D eigenvalue weighted by atomic mass is 35.5. The van der Waals surface area contributed by atoms with Crippen molar-refractivity contribution in [2.45, 2.75) is 6.92 Å². The van der Waals surface area contributed by atoms with Gasteiger partial charge in [0, 0.05) is 10.7 Å². The highest BCUT2D eigenvalue weighted by molar-refractivity contribution is 6.31. The number of carbonyl (C=O) groups excluding carboxylic acids is 1. The lowest BCUT2D eigenvalue weighted by Gasteiger charge is -2.10. The van der Waals surface area contributed by atoms with Crippen molar-refractivity contribution < 1.29 is 13.9 Å². The summed E-state index contributed by atoms with van der Waals surface area (Å²) in [5.74, 6) is -0.332. The molecule has 0 radical (unpaired) electrons. The molecule has 0 saturated carbocycles.